The van der Waals surface area contributed by atoms with Crippen LogP contribution in [0.4, 0.5) is 4.79 Å². The standard InChI is InChI=1S/C16H26N2O2/c1-5-14(19)9-10-17-16(20)18-13(4)15-8-6-7-11(2)12(15)3/h6-8,13-14,19H,5,9-10H2,1-4H3,(H2,17,18,20). The van der Waals surface area contributed by atoms with Gasteiger partial charge in [-0.1, -0.05) is 25.1 Å². The Labute approximate surface area is 121 Å². The second-order valence-electron chi connectivity index (χ2n) is 5.26. The molecule has 1 aromatic carbocycles. The minimum absolute atomic E-state index is 0.0361. The molecule has 0 aliphatic rings. The van der Waals surface area contributed by atoms with Crippen molar-refractivity contribution in [2.45, 2.75) is 52.7 Å². The Balaban J connectivity index is 2.47. The second kappa shape index (κ2) is 7.90. The molecule has 2 unspecified atom stereocenters. The third-order valence-corrected chi connectivity index (χ3v) is 3.70. The SMILES string of the molecule is CCC(O)CCNC(=O)NC(C)c1cccc(C)c1C. The maximum absolute atomic E-state index is 11.8. The van der Waals surface area contributed by atoms with Crippen LogP contribution in [-0.4, -0.2) is 23.8 Å². The van der Waals surface area contributed by atoms with Gasteiger partial charge in [0.25, 0.3) is 0 Å². The largest absolute Gasteiger partial charge is 0.393 e. The number of aryl methyl sites for hydroxylation is 1. The van der Waals surface area contributed by atoms with E-state index in [-0.39, 0.29) is 18.2 Å². The van der Waals surface area contributed by atoms with Crippen LogP contribution in [0.3, 0.4) is 0 Å². The van der Waals surface area contributed by atoms with E-state index in [1.54, 1.807) is 0 Å². The van der Waals surface area contributed by atoms with E-state index in [2.05, 4.69) is 30.5 Å². The first-order valence-electron chi connectivity index (χ1n) is 7.24. The van der Waals surface area contributed by atoms with Gasteiger partial charge in [-0.2, -0.15) is 0 Å². The molecule has 0 spiro atoms. The molecule has 2 atom stereocenters. The summed E-state index contributed by atoms with van der Waals surface area (Å²) in [5.41, 5.74) is 3.57. The molecule has 3 N–H and O–H groups in total. The predicted molar refractivity (Wildman–Crippen MR) is 81.8 cm³/mol. The topological polar surface area (TPSA) is 61.4 Å². The van der Waals surface area contributed by atoms with Crippen LogP contribution in [0.15, 0.2) is 18.2 Å². The molecule has 20 heavy (non-hydrogen) atoms. The molecule has 0 bridgehead atoms. The molecule has 1 aromatic rings. The molecule has 0 radical (unpaired) electrons. The molecule has 1 rings (SSSR count). The van der Waals surface area contributed by atoms with Crippen molar-refractivity contribution < 1.29 is 9.90 Å². The van der Waals surface area contributed by atoms with Gasteiger partial charge < -0.3 is 15.7 Å². The van der Waals surface area contributed by atoms with Gasteiger partial charge in [0, 0.05) is 6.54 Å². The molecule has 4 nitrogen and oxygen atoms in total. The summed E-state index contributed by atoms with van der Waals surface area (Å²) in [6.45, 7) is 8.52. The number of benzene rings is 1. The van der Waals surface area contributed by atoms with E-state index in [1.165, 1.54) is 11.1 Å². The second-order valence-corrected chi connectivity index (χ2v) is 5.26. The number of urea groups is 1. The molecule has 0 saturated carbocycles. The lowest BCUT2D eigenvalue weighted by Crippen LogP contribution is -2.38. The van der Waals surface area contributed by atoms with Crippen molar-refractivity contribution in [1.29, 1.82) is 0 Å². The number of carbonyl (C=O) groups excluding carboxylic acids is 1. The highest BCUT2D eigenvalue weighted by Gasteiger charge is 2.12. The van der Waals surface area contributed by atoms with Crippen LogP contribution >= 0.6 is 0 Å². The van der Waals surface area contributed by atoms with Crippen LogP contribution in [0.25, 0.3) is 0 Å². The first kappa shape index (κ1) is 16.5. The van der Waals surface area contributed by atoms with E-state index < -0.39 is 0 Å². The quantitative estimate of drug-likeness (QED) is 0.749. The summed E-state index contributed by atoms with van der Waals surface area (Å²) in [6.07, 6.45) is 0.955. The Morgan fingerprint density at radius 3 is 2.70 bits per heavy atom. The number of amides is 2. The van der Waals surface area contributed by atoms with E-state index in [0.717, 1.165) is 5.56 Å². The number of nitrogens with one attached hydrogen (secondary N) is 2. The molecule has 0 aliphatic heterocycles. The minimum Gasteiger partial charge on any atom is -0.393 e. The molecule has 0 aliphatic carbocycles. The zero-order valence-corrected chi connectivity index (χ0v) is 12.9. The van der Waals surface area contributed by atoms with Crippen LogP contribution in [0.2, 0.25) is 0 Å². The third-order valence-electron chi connectivity index (χ3n) is 3.70. The summed E-state index contributed by atoms with van der Waals surface area (Å²) in [4.78, 5) is 11.8. The number of aliphatic hydroxyl groups is 1. The van der Waals surface area contributed by atoms with Crippen molar-refractivity contribution in [3.05, 3.63) is 34.9 Å². The normalized spacial score (nSPS) is 13.7. The van der Waals surface area contributed by atoms with Crippen LogP contribution < -0.4 is 10.6 Å². The predicted octanol–water partition coefficient (Wildman–Crippen LogP) is 2.82. The van der Waals surface area contributed by atoms with Crippen LogP contribution in [0.5, 0.6) is 0 Å². The van der Waals surface area contributed by atoms with Gasteiger partial charge in [0.15, 0.2) is 0 Å². The smallest absolute Gasteiger partial charge is 0.315 e. The number of hydrogen-bond acceptors (Lipinski definition) is 2. The summed E-state index contributed by atoms with van der Waals surface area (Å²) in [6, 6.07) is 5.88. The van der Waals surface area contributed by atoms with E-state index in [4.69, 9.17) is 0 Å². The highest BCUT2D eigenvalue weighted by molar-refractivity contribution is 5.74. The van der Waals surface area contributed by atoms with Crippen molar-refractivity contribution >= 4 is 6.03 Å². The van der Waals surface area contributed by atoms with Crippen molar-refractivity contribution in [3.63, 3.8) is 0 Å². The average molecular weight is 278 g/mol. The molecular formula is C16H26N2O2. The Morgan fingerprint density at radius 2 is 2.05 bits per heavy atom. The van der Waals surface area contributed by atoms with Gasteiger partial charge in [-0.05, 0) is 50.3 Å². The fourth-order valence-corrected chi connectivity index (χ4v) is 2.12. The number of carbonyl (C=O) groups is 1. The summed E-state index contributed by atoms with van der Waals surface area (Å²) in [5, 5.41) is 15.1. The zero-order valence-electron chi connectivity index (χ0n) is 12.9. The van der Waals surface area contributed by atoms with Crippen LogP contribution in [0, 0.1) is 13.8 Å². The fraction of sp³-hybridized carbons (Fsp3) is 0.562. The minimum atomic E-state index is -0.341. The number of aliphatic hydroxyl groups excluding tert-OH is 1. The van der Waals surface area contributed by atoms with Gasteiger partial charge in [0.05, 0.1) is 12.1 Å². The lowest BCUT2D eigenvalue weighted by atomic mass is 9.98. The Kier molecular flexibility index (Phi) is 6.52. The fourth-order valence-electron chi connectivity index (χ4n) is 2.12. The maximum Gasteiger partial charge on any atom is 0.315 e. The van der Waals surface area contributed by atoms with Crippen LogP contribution in [-0.2, 0) is 0 Å². The zero-order chi connectivity index (χ0) is 15.1. The molecule has 0 saturated heterocycles. The number of hydrogen-bond donors (Lipinski definition) is 3. The highest BCUT2D eigenvalue weighted by atomic mass is 16.3. The maximum atomic E-state index is 11.8. The summed E-state index contributed by atoms with van der Waals surface area (Å²) >= 11 is 0. The van der Waals surface area contributed by atoms with Gasteiger partial charge in [0.2, 0.25) is 0 Å². The van der Waals surface area contributed by atoms with Crippen LogP contribution in [0.1, 0.15) is 49.4 Å². The first-order valence-corrected chi connectivity index (χ1v) is 7.24. The molecule has 0 aromatic heterocycles. The van der Waals surface area contributed by atoms with Crippen molar-refractivity contribution in [1.82, 2.24) is 10.6 Å². The molecular weight excluding hydrogens is 252 g/mol. The lowest BCUT2D eigenvalue weighted by Gasteiger charge is -2.18. The van der Waals surface area contributed by atoms with Crippen molar-refractivity contribution in [2.24, 2.45) is 0 Å². The van der Waals surface area contributed by atoms with E-state index >= 15 is 0 Å². The molecule has 112 valence electrons. The van der Waals surface area contributed by atoms with E-state index in [1.807, 2.05) is 26.0 Å². The molecule has 0 fully saturated rings. The first-order chi connectivity index (χ1) is 9.45. The van der Waals surface area contributed by atoms with Gasteiger partial charge >= 0.3 is 6.03 Å². The van der Waals surface area contributed by atoms with Gasteiger partial charge in [0.1, 0.15) is 0 Å². The lowest BCUT2D eigenvalue weighted by molar-refractivity contribution is 0.160. The summed E-state index contributed by atoms with van der Waals surface area (Å²) in [7, 11) is 0. The van der Waals surface area contributed by atoms with E-state index in [0.29, 0.717) is 19.4 Å². The Bertz CT molecular complexity index is 446. The summed E-state index contributed by atoms with van der Waals surface area (Å²) < 4.78 is 0. The van der Waals surface area contributed by atoms with Gasteiger partial charge in [-0.25, -0.2) is 4.79 Å². The Morgan fingerprint density at radius 1 is 1.35 bits per heavy atom. The Hall–Kier alpha value is -1.55. The average Bonchev–Trinajstić information content (AvgIpc) is 2.41. The monoisotopic (exact) mass is 278 g/mol. The number of rotatable bonds is 6. The van der Waals surface area contributed by atoms with Crippen molar-refractivity contribution in [3.8, 4) is 0 Å². The molecule has 0 heterocycles. The van der Waals surface area contributed by atoms with E-state index in [9.17, 15) is 9.90 Å². The summed E-state index contributed by atoms with van der Waals surface area (Å²) in [5.74, 6) is 0. The van der Waals surface area contributed by atoms with Gasteiger partial charge in [-0.15, -0.1) is 0 Å². The third kappa shape index (κ3) is 4.85. The molecule has 4 heteroatoms. The molecule has 2 amide bonds. The highest BCUT2D eigenvalue weighted by Crippen LogP contribution is 2.19. The van der Waals surface area contributed by atoms with Gasteiger partial charge in [-0.3, -0.25) is 0 Å². The van der Waals surface area contributed by atoms with Crippen molar-refractivity contribution in [2.75, 3.05) is 6.54 Å².